The molecule has 0 unspecified atom stereocenters. The van der Waals surface area contributed by atoms with Crippen molar-refractivity contribution in [3.63, 3.8) is 0 Å². The number of carbonyl (C=O) groups excluding carboxylic acids is 1. The highest BCUT2D eigenvalue weighted by atomic mass is 16.6. The second-order valence-electron chi connectivity index (χ2n) is 6.27. The van der Waals surface area contributed by atoms with Crippen LogP contribution in [0, 0.1) is 10.1 Å². The van der Waals surface area contributed by atoms with Gasteiger partial charge in [-0.25, -0.2) is 4.99 Å². The predicted molar refractivity (Wildman–Crippen MR) is 103 cm³/mol. The Bertz CT molecular complexity index is 648. The summed E-state index contributed by atoms with van der Waals surface area (Å²) in [6, 6.07) is 6.35. The van der Waals surface area contributed by atoms with Crippen molar-refractivity contribution in [3.8, 4) is 0 Å². The first-order valence-electron chi connectivity index (χ1n) is 9.12. The lowest BCUT2D eigenvalue weighted by Gasteiger charge is -2.16. The van der Waals surface area contributed by atoms with Crippen LogP contribution >= 0.6 is 0 Å². The number of methoxy groups -OCH3 is 1. The van der Waals surface area contributed by atoms with Gasteiger partial charge in [0.05, 0.1) is 18.1 Å². The fourth-order valence-electron chi connectivity index (χ4n) is 2.76. The van der Waals surface area contributed by atoms with Gasteiger partial charge in [-0.05, 0) is 18.4 Å². The maximum atomic E-state index is 11.6. The highest BCUT2D eigenvalue weighted by molar-refractivity contribution is 5.80. The zero-order chi connectivity index (χ0) is 19.5. The second kappa shape index (κ2) is 11.1. The van der Waals surface area contributed by atoms with Crippen molar-refractivity contribution < 1.29 is 14.5 Å². The van der Waals surface area contributed by atoms with Crippen LogP contribution in [-0.4, -0.2) is 61.6 Å². The van der Waals surface area contributed by atoms with Gasteiger partial charge >= 0.3 is 0 Å². The zero-order valence-corrected chi connectivity index (χ0v) is 15.6. The lowest BCUT2D eigenvalue weighted by molar-refractivity contribution is -0.384. The number of rotatable bonds is 10. The lowest BCUT2D eigenvalue weighted by Crippen LogP contribution is -2.40. The number of likely N-dealkylation sites (tertiary alicyclic amines) is 1. The first-order valence-corrected chi connectivity index (χ1v) is 9.12. The van der Waals surface area contributed by atoms with Crippen LogP contribution in [0.15, 0.2) is 29.3 Å². The van der Waals surface area contributed by atoms with E-state index in [0.717, 1.165) is 31.5 Å². The van der Waals surface area contributed by atoms with Crippen LogP contribution < -0.4 is 10.6 Å². The average Bonchev–Trinajstić information content (AvgIpc) is 3.08. The normalized spacial score (nSPS) is 14.5. The summed E-state index contributed by atoms with van der Waals surface area (Å²) in [6.07, 6.45) is 2.45. The molecule has 0 spiro atoms. The Morgan fingerprint density at radius 3 is 2.67 bits per heavy atom. The molecule has 0 aromatic heterocycles. The number of benzene rings is 1. The van der Waals surface area contributed by atoms with Crippen LogP contribution in [-0.2, 0) is 16.1 Å². The Hall–Kier alpha value is -2.68. The second-order valence-corrected chi connectivity index (χ2v) is 6.27. The third-order valence-corrected chi connectivity index (χ3v) is 4.23. The molecule has 1 heterocycles. The van der Waals surface area contributed by atoms with Gasteiger partial charge in [0, 0.05) is 51.8 Å². The smallest absolute Gasteiger partial charge is 0.269 e. The summed E-state index contributed by atoms with van der Waals surface area (Å²) in [5.41, 5.74) is 0.951. The third kappa shape index (κ3) is 7.22. The molecule has 1 saturated heterocycles. The summed E-state index contributed by atoms with van der Waals surface area (Å²) in [6.45, 7) is 3.88. The van der Waals surface area contributed by atoms with Crippen LogP contribution in [0.3, 0.4) is 0 Å². The van der Waals surface area contributed by atoms with Crippen LogP contribution in [0.25, 0.3) is 0 Å². The van der Waals surface area contributed by atoms with Gasteiger partial charge in [-0.1, -0.05) is 12.1 Å². The van der Waals surface area contributed by atoms with E-state index in [1.165, 1.54) is 12.1 Å². The number of nitro groups is 1. The van der Waals surface area contributed by atoms with E-state index in [-0.39, 0.29) is 11.6 Å². The zero-order valence-electron chi connectivity index (χ0n) is 15.6. The Kier molecular flexibility index (Phi) is 8.50. The van der Waals surface area contributed by atoms with E-state index in [0.29, 0.717) is 38.6 Å². The molecule has 0 bridgehead atoms. The van der Waals surface area contributed by atoms with E-state index < -0.39 is 4.92 Å². The van der Waals surface area contributed by atoms with E-state index in [1.807, 2.05) is 4.90 Å². The monoisotopic (exact) mass is 377 g/mol. The van der Waals surface area contributed by atoms with Crippen molar-refractivity contribution in [1.29, 1.82) is 0 Å². The SMILES string of the molecule is COCCNC(=NCc1ccc([N+](=O)[O-])cc1)NCCCN1CCCC1=O. The first kappa shape index (κ1) is 20.6. The van der Waals surface area contributed by atoms with Crippen molar-refractivity contribution in [2.45, 2.75) is 25.8 Å². The predicted octanol–water partition coefficient (Wildman–Crippen LogP) is 1.29. The Labute approximate surface area is 158 Å². The molecule has 148 valence electrons. The quantitative estimate of drug-likeness (QED) is 0.209. The molecule has 1 fully saturated rings. The molecule has 9 heteroatoms. The Morgan fingerprint density at radius 2 is 2.04 bits per heavy atom. The van der Waals surface area contributed by atoms with Gasteiger partial charge in [0.25, 0.3) is 5.69 Å². The number of hydrogen-bond acceptors (Lipinski definition) is 5. The van der Waals surface area contributed by atoms with E-state index >= 15 is 0 Å². The molecule has 1 aromatic rings. The van der Waals surface area contributed by atoms with Crippen LogP contribution in [0.2, 0.25) is 0 Å². The lowest BCUT2D eigenvalue weighted by atomic mass is 10.2. The molecule has 0 radical (unpaired) electrons. The largest absolute Gasteiger partial charge is 0.383 e. The molecule has 0 atom stereocenters. The summed E-state index contributed by atoms with van der Waals surface area (Å²) in [4.78, 5) is 28.3. The van der Waals surface area contributed by atoms with E-state index in [4.69, 9.17) is 4.74 Å². The van der Waals surface area contributed by atoms with Crippen molar-refractivity contribution in [3.05, 3.63) is 39.9 Å². The van der Waals surface area contributed by atoms with Crippen molar-refractivity contribution in [1.82, 2.24) is 15.5 Å². The summed E-state index contributed by atoms with van der Waals surface area (Å²) in [5, 5.41) is 17.1. The minimum absolute atomic E-state index is 0.0655. The molecule has 0 saturated carbocycles. The van der Waals surface area contributed by atoms with Crippen LogP contribution in [0.4, 0.5) is 5.69 Å². The number of amides is 1. The molecular weight excluding hydrogens is 350 g/mol. The summed E-state index contributed by atoms with van der Waals surface area (Å²) < 4.78 is 5.04. The molecule has 27 heavy (non-hydrogen) atoms. The third-order valence-electron chi connectivity index (χ3n) is 4.23. The van der Waals surface area contributed by atoms with Gasteiger partial charge in [-0.15, -0.1) is 0 Å². The molecule has 2 rings (SSSR count). The molecule has 1 amide bonds. The number of non-ortho nitro benzene ring substituents is 1. The summed E-state index contributed by atoms with van der Waals surface area (Å²) >= 11 is 0. The molecular formula is C18H27N5O4. The number of carbonyl (C=O) groups is 1. The molecule has 0 aliphatic carbocycles. The Balaban J connectivity index is 1.82. The molecule has 9 nitrogen and oxygen atoms in total. The van der Waals surface area contributed by atoms with E-state index in [9.17, 15) is 14.9 Å². The number of hydrogen-bond donors (Lipinski definition) is 2. The highest BCUT2D eigenvalue weighted by Crippen LogP contribution is 2.12. The Morgan fingerprint density at radius 1 is 1.30 bits per heavy atom. The van der Waals surface area contributed by atoms with Gasteiger partial charge < -0.3 is 20.3 Å². The maximum Gasteiger partial charge on any atom is 0.269 e. The number of ether oxygens (including phenoxy) is 1. The molecule has 1 aliphatic rings. The molecule has 2 N–H and O–H groups in total. The standard InChI is InChI=1S/C18H27N5O4/c1-27-13-10-20-18(19-9-3-12-22-11-2-4-17(22)24)21-14-15-5-7-16(8-6-15)23(25)26/h5-8H,2-4,9-14H2,1H3,(H2,19,20,21). The fourth-order valence-corrected chi connectivity index (χ4v) is 2.76. The molecule has 1 aromatic carbocycles. The van der Waals surface area contributed by atoms with Gasteiger partial charge in [0.2, 0.25) is 5.91 Å². The number of nitro benzene ring substituents is 1. The number of aliphatic imine (C=N–C) groups is 1. The minimum atomic E-state index is -0.419. The van der Waals surface area contributed by atoms with Crippen LogP contribution in [0.1, 0.15) is 24.8 Å². The number of nitrogens with one attached hydrogen (secondary N) is 2. The summed E-state index contributed by atoms with van der Waals surface area (Å²) in [7, 11) is 1.63. The number of guanidine groups is 1. The van der Waals surface area contributed by atoms with Gasteiger partial charge in [-0.3, -0.25) is 14.9 Å². The van der Waals surface area contributed by atoms with Gasteiger partial charge in [-0.2, -0.15) is 0 Å². The molecule has 1 aliphatic heterocycles. The fraction of sp³-hybridized carbons (Fsp3) is 0.556. The van der Waals surface area contributed by atoms with E-state index in [2.05, 4.69) is 15.6 Å². The minimum Gasteiger partial charge on any atom is -0.383 e. The average molecular weight is 377 g/mol. The van der Waals surface area contributed by atoms with Gasteiger partial charge in [0.15, 0.2) is 5.96 Å². The van der Waals surface area contributed by atoms with Crippen molar-refractivity contribution >= 4 is 17.6 Å². The van der Waals surface area contributed by atoms with E-state index in [1.54, 1.807) is 19.2 Å². The van der Waals surface area contributed by atoms with Crippen molar-refractivity contribution in [2.75, 3.05) is 39.9 Å². The van der Waals surface area contributed by atoms with Crippen molar-refractivity contribution in [2.24, 2.45) is 4.99 Å². The number of nitrogens with zero attached hydrogens (tertiary/aromatic N) is 3. The first-order chi connectivity index (χ1) is 13.1. The topological polar surface area (TPSA) is 109 Å². The van der Waals surface area contributed by atoms with Crippen LogP contribution in [0.5, 0.6) is 0 Å². The van der Waals surface area contributed by atoms with Gasteiger partial charge in [0.1, 0.15) is 0 Å². The highest BCUT2D eigenvalue weighted by Gasteiger charge is 2.18. The summed E-state index contributed by atoms with van der Waals surface area (Å²) in [5.74, 6) is 0.887. The maximum absolute atomic E-state index is 11.6.